The van der Waals surface area contributed by atoms with Gasteiger partial charge in [0, 0.05) is 25.0 Å². The van der Waals surface area contributed by atoms with Gasteiger partial charge in [0.15, 0.2) is 0 Å². The SMILES string of the molecule is O=C(C=CC=Cc1cccnc1)NCCCCCC1CCN(C(c2ccccc2)c2ccccc2)CC1. The number of unbranched alkanes of at least 4 members (excludes halogenated alkanes) is 2. The predicted octanol–water partition coefficient (Wildman–Crippen LogP) is 6.83. The molecule has 4 heteroatoms. The van der Waals surface area contributed by atoms with E-state index in [2.05, 4.69) is 75.9 Å². The third-order valence-electron chi connectivity index (χ3n) is 7.17. The van der Waals surface area contributed by atoms with Crippen LogP contribution in [0.2, 0.25) is 0 Å². The lowest BCUT2D eigenvalue weighted by Crippen LogP contribution is -2.37. The van der Waals surface area contributed by atoms with E-state index >= 15 is 0 Å². The lowest BCUT2D eigenvalue weighted by atomic mass is 9.88. The molecular weight excluding hydrogens is 454 g/mol. The quantitative estimate of drug-likeness (QED) is 0.171. The molecule has 0 aliphatic carbocycles. The molecule has 1 saturated heterocycles. The molecule has 2 heterocycles. The number of carbonyl (C=O) groups is 1. The van der Waals surface area contributed by atoms with E-state index in [1.54, 1.807) is 24.5 Å². The van der Waals surface area contributed by atoms with Crippen LogP contribution in [0.15, 0.2) is 103 Å². The summed E-state index contributed by atoms with van der Waals surface area (Å²) < 4.78 is 0. The van der Waals surface area contributed by atoms with Crippen molar-refractivity contribution in [3.8, 4) is 0 Å². The van der Waals surface area contributed by atoms with Crippen LogP contribution >= 0.6 is 0 Å². The minimum absolute atomic E-state index is 0.0328. The molecule has 0 atom stereocenters. The van der Waals surface area contributed by atoms with Crippen LogP contribution in [0.25, 0.3) is 6.08 Å². The van der Waals surface area contributed by atoms with E-state index in [-0.39, 0.29) is 5.91 Å². The van der Waals surface area contributed by atoms with Crippen LogP contribution < -0.4 is 5.32 Å². The van der Waals surface area contributed by atoms with Crippen LogP contribution in [0, 0.1) is 5.92 Å². The van der Waals surface area contributed by atoms with Gasteiger partial charge in [0.1, 0.15) is 0 Å². The number of hydrogen-bond donors (Lipinski definition) is 1. The van der Waals surface area contributed by atoms with Crippen molar-refractivity contribution >= 4 is 12.0 Å². The first-order valence-corrected chi connectivity index (χ1v) is 13.7. The van der Waals surface area contributed by atoms with Crippen LogP contribution in [0.3, 0.4) is 0 Å². The van der Waals surface area contributed by atoms with E-state index in [0.717, 1.165) is 37.5 Å². The zero-order valence-electron chi connectivity index (χ0n) is 21.7. The second-order valence-corrected chi connectivity index (χ2v) is 9.85. The third kappa shape index (κ3) is 8.83. The van der Waals surface area contributed by atoms with Gasteiger partial charge in [-0.15, -0.1) is 0 Å². The molecule has 1 fully saturated rings. The Morgan fingerprint density at radius 3 is 2.24 bits per heavy atom. The number of piperidine rings is 1. The lowest BCUT2D eigenvalue weighted by molar-refractivity contribution is -0.116. The van der Waals surface area contributed by atoms with Crippen molar-refractivity contribution in [2.75, 3.05) is 19.6 Å². The first kappa shape index (κ1) is 26.6. The molecule has 1 aliphatic rings. The lowest BCUT2D eigenvalue weighted by Gasteiger charge is -2.38. The molecule has 1 aromatic heterocycles. The maximum atomic E-state index is 12.0. The highest BCUT2D eigenvalue weighted by molar-refractivity contribution is 5.87. The number of hydrogen-bond acceptors (Lipinski definition) is 3. The Hall–Kier alpha value is -3.50. The van der Waals surface area contributed by atoms with Crippen LogP contribution in [-0.2, 0) is 4.79 Å². The first-order chi connectivity index (χ1) is 18.3. The second-order valence-electron chi connectivity index (χ2n) is 9.85. The molecule has 37 heavy (non-hydrogen) atoms. The van der Waals surface area contributed by atoms with Crippen molar-refractivity contribution < 1.29 is 4.79 Å². The van der Waals surface area contributed by atoms with E-state index in [4.69, 9.17) is 0 Å². The average molecular weight is 494 g/mol. The largest absolute Gasteiger partial charge is 0.353 e. The summed E-state index contributed by atoms with van der Waals surface area (Å²) in [5.74, 6) is 0.780. The van der Waals surface area contributed by atoms with Gasteiger partial charge in [-0.25, -0.2) is 0 Å². The summed E-state index contributed by atoms with van der Waals surface area (Å²) in [7, 11) is 0. The molecule has 2 aromatic carbocycles. The molecule has 1 aliphatic heterocycles. The fourth-order valence-electron chi connectivity index (χ4n) is 5.17. The number of pyridine rings is 1. The summed E-state index contributed by atoms with van der Waals surface area (Å²) in [6.45, 7) is 3.04. The van der Waals surface area contributed by atoms with E-state index < -0.39 is 0 Å². The Morgan fingerprint density at radius 2 is 1.59 bits per heavy atom. The average Bonchev–Trinajstić information content (AvgIpc) is 2.96. The van der Waals surface area contributed by atoms with Crippen molar-refractivity contribution in [2.45, 2.75) is 44.6 Å². The molecule has 1 amide bonds. The molecule has 4 rings (SSSR count). The summed E-state index contributed by atoms with van der Waals surface area (Å²) in [6.07, 6.45) is 18.0. The summed E-state index contributed by atoms with van der Waals surface area (Å²) in [5, 5.41) is 2.99. The first-order valence-electron chi connectivity index (χ1n) is 13.7. The van der Waals surface area contributed by atoms with Gasteiger partial charge in [-0.3, -0.25) is 14.7 Å². The molecule has 0 unspecified atom stereocenters. The number of likely N-dealkylation sites (tertiary alicyclic amines) is 1. The van der Waals surface area contributed by atoms with Crippen molar-refractivity contribution in [3.63, 3.8) is 0 Å². The number of carbonyl (C=O) groups excluding carboxylic acids is 1. The zero-order chi connectivity index (χ0) is 25.5. The molecule has 0 radical (unpaired) electrons. The zero-order valence-corrected chi connectivity index (χ0v) is 21.7. The molecule has 0 spiro atoms. The van der Waals surface area contributed by atoms with Crippen molar-refractivity contribution in [1.29, 1.82) is 0 Å². The number of rotatable bonds is 12. The minimum Gasteiger partial charge on any atom is -0.353 e. The van der Waals surface area contributed by atoms with Gasteiger partial charge in [0.05, 0.1) is 6.04 Å². The summed E-state index contributed by atoms with van der Waals surface area (Å²) in [4.78, 5) is 18.7. The van der Waals surface area contributed by atoms with Crippen LogP contribution in [0.4, 0.5) is 0 Å². The van der Waals surface area contributed by atoms with E-state index in [0.29, 0.717) is 6.04 Å². The highest BCUT2D eigenvalue weighted by atomic mass is 16.1. The molecule has 1 N–H and O–H groups in total. The van der Waals surface area contributed by atoms with Gasteiger partial charge in [0.2, 0.25) is 5.91 Å². The maximum absolute atomic E-state index is 12.0. The number of benzene rings is 2. The number of nitrogens with one attached hydrogen (secondary N) is 1. The van der Waals surface area contributed by atoms with Gasteiger partial charge in [0.25, 0.3) is 0 Å². The Bertz CT molecular complexity index is 1060. The van der Waals surface area contributed by atoms with Gasteiger partial charge >= 0.3 is 0 Å². The Balaban J connectivity index is 1.11. The normalized spacial score (nSPS) is 15.1. The predicted molar refractivity (Wildman–Crippen MR) is 153 cm³/mol. The topological polar surface area (TPSA) is 45.2 Å². The van der Waals surface area contributed by atoms with Crippen LogP contribution in [-0.4, -0.2) is 35.4 Å². The molecule has 0 saturated carbocycles. The monoisotopic (exact) mass is 493 g/mol. The number of allylic oxidation sites excluding steroid dienone is 2. The van der Waals surface area contributed by atoms with Crippen LogP contribution in [0.1, 0.15) is 61.3 Å². The summed E-state index contributed by atoms with van der Waals surface area (Å²) in [6, 6.07) is 26.1. The van der Waals surface area contributed by atoms with E-state index in [1.165, 1.54) is 43.2 Å². The van der Waals surface area contributed by atoms with E-state index in [9.17, 15) is 4.79 Å². The highest BCUT2D eigenvalue weighted by Gasteiger charge is 2.27. The van der Waals surface area contributed by atoms with Gasteiger partial charge in [-0.2, -0.15) is 0 Å². The second kappa shape index (κ2) is 14.9. The fourth-order valence-corrected chi connectivity index (χ4v) is 5.17. The van der Waals surface area contributed by atoms with Gasteiger partial charge in [-0.05, 0) is 61.0 Å². The molecule has 192 valence electrons. The van der Waals surface area contributed by atoms with Crippen molar-refractivity contribution in [2.24, 2.45) is 5.92 Å². The van der Waals surface area contributed by atoms with Crippen LogP contribution in [0.5, 0.6) is 0 Å². The van der Waals surface area contributed by atoms with E-state index in [1.807, 2.05) is 24.3 Å². The number of aromatic nitrogens is 1. The maximum Gasteiger partial charge on any atom is 0.243 e. The summed E-state index contributed by atoms with van der Waals surface area (Å²) in [5.41, 5.74) is 3.78. The molecule has 4 nitrogen and oxygen atoms in total. The van der Waals surface area contributed by atoms with Crippen molar-refractivity contribution in [3.05, 3.63) is 120 Å². The Morgan fingerprint density at radius 1 is 0.892 bits per heavy atom. The highest BCUT2D eigenvalue weighted by Crippen LogP contribution is 2.33. The number of nitrogens with zero attached hydrogens (tertiary/aromatic N) is 2. The smallest absolute Gasteiger partial charge is 0.243 e. The fraction of sp³-hybridized carbons (Fsp3) is 0.333. The number of amides is 1. The Labute approximate surface area is 222 Å². The molecular formula is C33H39N3O. The summed E-state index contributed by atoms with van der Waals surface area (Å²) >= 11 is 0. The van der Waals surface area contributed by atoms with Gasteiger partial charge in [-0.1, -0.05) is 104 Å². The molecule has 3 aromatic rings. The van der Waals surface area contributed by atoms with Gasteiger partial charge < -0.3 is 5.32 Å². The Kier molecular flexibility index (Phi) is 10.7. The standard InChI is InChI=1S/C33H39N3O/c37-32(20-10-9-14-29-15-12-23-34-27-29)35-24-11-3-4-13-28-21-25-36(26-22-28)33(30-16-5-1-6-17-30)31-18-7-2-8-19-31/h1-2,5-10,12,14-20,23,27-28,33H,3-4,11,13,21-22,24-26H2,(H,35,37). The molecule has 0 bridgehead atoms. The van der Waals surface area contributed by atoms with Crippen molar-refractivity contribution in [1.82, 2.24) is 15.2 Å². The third-order valence-corrected chi connectivity index (χ3v) is 7.17. The minimum atomic E-state index is -0.0328.